The van der Waals surface area contributed by atoms with Crippen LogP contribution in [0.1, 0.15) is 24.1 Å². The number of carbonyl (C=O) groups excluding carboxylic acids is 1. The highest BCUT2D eigenvalue weighted by atomic mass is 32.2. The van der Waals surface area contributed by atoms with Gasteiger partial charge in [0, 0.05) is 6.54 Å². The maximum absolute atomic E-state index is 11.9. The molecule has 0 saturated heterocycles. The Hall–Kier alpha value is -1.60. The van der Waals surface area contributed by atoms with Crippen molar-refractivity contribution in [3.63, 3.8) is 0 Å². The van der Waals surface area contributed by atoms with Gasteiger partial charge in [0.05, 0.1) is 18.9 Å². The van der Waals surface area contributed by atoms with Crippen molar-refractivity contribution < 1.29 is 17.4 Å². The van der Waals surface area contributed by atoms with E-state index in [1.165, 1.54) is 5.56 Å². The summed E-state index contributed by atoms with van der Waals surface area (Å²) >= 11 is 0. The van der Waals surface area contributed by atoms with Crippen LogP contribution >= 0.6 is 0 Å². The molecule has 7 heteroatoms. The molecule has 2 amide bonds. The predicted molar refractivity (Wildman–Crippen MR) is 79.4 cm³/mol. The van der Waals surface area contributed by atoms with Crippen LogP contribution in [0, 0.1) is 5.92 Å². The fraction of sp³-hybridized carbons (Fsp3) is 0.500. The Morgan fingerprint density at radius 1 is 1.38 bits per heavy atom. The zero-order valence-corrected chi connectivity index (χ0v) is 12.9. The Bertz CT molecular complexity index is 615. The summed E-state index contributed by atoms with van der Waals surface area (Å²) in [6.45, 7) is 2.17. The summed E-state index contributed by atoms with van der Waals surface area (Å²) in [6, 6.07) is 7.72. The third-order valence-electron chi connectivity index (χ3n) is 3.47. The van der Waals surface area contributed by atoms with E-state index < -0.39 is 10.1 Å². The van der Waals surface area contributed by atoms with Crippen LogP contribution < -0.4 is 10.6 Å². The van der Waals surface area contributed by atoms with Crippen molar-refractivity contribution in [2.75, 3.05) is 19.4 Å². The first kappa shape index (κ1) is 15.8. The molecule has 2 atom stereocenters. The van der Waals surface area contributed by atoms with E-state index in [1.807, 2.05) is 18.2 Å². The van der Waals surface area contributed by atoms with E-state index in [4.69, 9.17) is 0 Å². The van der Waals surface area contributed by atoms with E-state index in [0.717, 1.165) is 18.2 Å². The molecule has 1 aromatic rings. The first-order valence-corrected chi connectivity index (χ1v) is 8.65. The number of rotatable bonds is 5. The van der Waals surface area contributed by atoms with E-state index in [0.29, 0.717) is 5.92 Å². The number of benzene rings is 1. The number of fused-ring (bicyclic) bond motifs is 1. The highest BCUT2D eigenvalue weighted by Gasteiger charge is 2.29. The van der Waals surface area contributed by atoms with E-state index in [1.54, 1.807) is 0 Å². The van der Waals surface area contributed by atoms with Crippen molar-refractivity contribution >= 4 is 16.1 Å². The van der Waals surface area contributed by atoms with Gasteiger partial charge in [0.15, 0.2) is 0 Å². The van der Waals surface area contributed by atoms with Crippen LogP contribution in [0.5, 0.6) is 0 Å². The van der Waals surface area contributed by atoms with E-state index >= 15 is 0 Å². The van der Waals surface area contributed by atoms with Crippen LogP contribution in [0.3, 0.4) is 0 Å². The molecule has 0 saturated carbocycles. The van der Waals surface area contributed by atoms with Gasteiger partial charge in [0.25, 0.3) is 10.1 Å². The highest BCUT2D eigenvalue weighted by Crippen LogP contribution is 2.35. The molecule has 2 unspecified atom stereocenters. The van der Waals surface area contributed by atoms with Crippen molar-refractivity contribution in [3.8, 4) is 0 Å². The van der Waals surface area contributed by atoms with Crippen molar-refractivity contribution in [1.82, 2.24) is 10.6 Å². The fourth-order valence-corrected chi connectivity index (χ4v) is 2.95. The molecule has 0 aliphatic heterocycles. The molecule has 0 heterocycles. The van der Waals surface area contributed by atoms with E-state index in [2.05, 4.69) is 27.8 Å². The lowest BCUT2D eigenvalue weighted by Crippen LogP contribution is -2.40. The zero-order valence-electron chi connectivity index (χ0n) is 12.1. The highest BCUT2D eigenvalue weighted by molar-refractivity contribution is 7.85. The fourth-order valence-electron chi connectivity index (χ4n) is 2.56. The van der Waals surface area contributed by atoms with Crippen LogP contribution in [0.4, 0.5) is 4.79 Å². The molecule has 116 valence electrons. The van der Waals surface area contributed by atoms with Gasteiger partial charge in [0.1, 0.15) is 0 Å². The molecule has 0 fully saturated rings. The van der Waals surface area contributed by atoms with Crippen LogP contribution in [-0.4, -0.2) is 33.9 Å². The van der Waals surface area contributed by atoms with Crippen molar-refractivity contribution in [1.29, 1.82) is 0 Å². The van der Waals surface area contributed by atoms with Gasteiger partial charge < -0.3 is 10.6 Å². The van der Waals surface area contributed by atoms with Gasteiger partial charge in [-0.1, -0.05) is 31.2 Å². The molecule has 2 N–H and O–H groups in total. The normalized spacial score (nSPS) is 20.9. The predicted octanol–water partition coefficient (Wildman–Crippen LogP) is 1.20. The quantitative estimate of drug-likeness (QED) is 0.632. The van der Waals surface area contributed by atoms with Gasteiger partial charge in [-0.25, -0.2) is 4.79 Å². The molecule has 0 radical (unpaired) electrons. The maximum atomic E-state index is 11.9. The minimum absolute atomic E-state index is 0.0166. The van der Waals surface area contributed by atoms with Gasteiger partial charge in [-0.05, 0) is 23.5 Å². The smallest absolute Gasteiger partial charge is 0.315 e. The summed E-state index contributed by atoms with van der Waals surface area (Å²) in [5.74, 6) is 0.334. The van der Waals surface area contributed by atoms with Gasteiger partial charge in [-0.3, -0.25) is 4.18 Å². The lowest BCUT2D eigenvalue weighted by atomic mass is 10.0. The minimum atomic E-state index is -3.46. The third kappa shape index (κ3) is 4.44. The van der Waals surface area contributed by atoms with Crippen LogP contribution in [0.2, 0.25) is 0 Å². The van der Waals surface area contributed by atoms with Crippen molar-refractivity contribution in [2.45, 2.75) is 19.4 Å². The Labute approximate surface area is 125 Å². The molecular formula is C14H20N2O4S. The molecule has 0 spiro atoms. The molecule has 1 aliphatic carbocycles. The summed E-state index contributed by atoms with van der Waals surface area (Å²) in [6.07, 6.45) is 1.92. The second-order valence-electron chi connectivity index (χ2n) is 5.28. The monoisotopic (exact) mass is 312 g/mol. The molecule has 21 heavy (non-hydrogen) atoms. The Morgan fingerprint density at radius 3 is 2.81 bits per heavy atom. The van der Waals surface area contributed by atoms with Gasteiger partial charge >= 0.3 is 6.03 Å². The molecular weight excluding hydrogens is 292 g/mol. The number of carbonyl (C=O) groups is 1. The molecule has 0 bridgehead atoms. The summed E-state index contributed by atoms with van der Waals surface area (Å²) in [5.41, 5.74) is 2.41. The summed E-state index contributed by atoms with van der Waals surface area (Å²) in [5, 5.41) is 5.52. The average Bonchev–Trinajstić information content (AvgIpc) is 2.70. The SMILES string of the molecule is CC1Cc2ccccc2C1NC(=O)NCCOS(C)(=O)=O. The number of urea groups is 1. The Kier molecular flexibility index (Phi) is 4.84. The molecule has 1 aliphatic rings. The molecule has 1 aromatic carbocycles. The first-order valence-electron chi connectivity index (χ1n) is 6.83. The molecule has 0 aromatic heterocycles. The topological polar surface area (TPSA) is 84.5 Å². The second-order valence-corrected chi connectivity index (χ2v) is 6.93. The van der Waals surface area contributed by atoms with Gasteiger partial charge in [-0.2, -0.15) is 8.42 Å². The van der Waals surface area contributed by atoms with Crippen LogP contribution in [0.25, 0.3) is 0 Å². The number of nitrogens with one attached hydrogen (secondary N) is 2. The zero-order chi connectivity index (χ0) is 15.5. The van der Waals surface area contributed by atoms with Crippen molar-refractivity contribution in [2.24, 2.45) is 5.92 Å². The van der Waals surface area contributed by atoms with E-state index in [-0.39, 0.29) is 25.2 Å². The second kappa shape index (κ2) is 6.44. The summed E-state index contributed by atoms with van der Waals surface area (Å²) < 4.78 is 26.1. The van der Waals surface area contributed by atoms with E-state index in [9.17, 15) is 13.2 Å². The summed E-state index contributed by atoms with van der Waals surface area (Å²) in [7, 11) is -3.46. The number of hydrogen-bond donors (Lipinski definition) is 2. The molecule has 2 rings (SSSR count). The van der Waals surface area contributed by atoms with Crippen LogP contribution in [-0.2, 0) is 20.7 Å². The molecule has 6 nitrogen and oxygen atoms in total. The number of hydrogen-bond acceptors (Lipinski definition) is 4. The van der Waals surface area contributed by atoms with Crippen molar-refractivity contribution in [3.05, 3.63) is 35.4 Å². The summed E-state index contributed by atoms with van der Waals surface area (Å²) in [4.78, 5) is 11.9. The van der Waals surface area contributed by atoms with Gasteiger partial charge in [0.2, 0.25) is 0 Å². The maximum Gasteiger partial charge on any atom is 0.315 e. The van der Waals surface area contributed by atoms with Gasteiger partial charge in [-0.15, -0.1) is 0 Å². The lowest BCUT2D eigenvalue weighted by Gasteiger charge is -2.19. The number of amides is 2. The first-order chi connectivity index (χ1) is 9.87. The Morgan fingerprint density at radius 2 is 2.10 bits per heavy atom. The largest absolute Gasteiger partial charge is 0.336 e. The minimum Gasteiger partial charge on any atom is -0.336 e. The van der Waals surface area contributed by atoms with Crippen LogP contribution in [0.15, 0.2) is 24.3 Å². The third-order valence-corrected chi connectivity index (χ3v) is 4.07. The standard InChI is InChI=1S/C14H20N2O4S/c1-10-9-11-5-3-4-6-12(11)13(10)16-14(17)15-7-8-20-21(2,18)19/h3-6,10,13H,7-9H2,1-2H3,(H2,15,16,17). The lowest BCUT2D eigenvalue weighted by molar-refractivity contribution is 0.230. The Balaban J connectivity index is 1.83. The average molecular weight is 312 g/mol.